The molecule has 1 aromatic carbocycles. The highest BCUT2D eigenvalue weighted by Crippen LogP contribution is 2.27. The fourth-order valence-corrected chi connectivity index (χ4v) is 3.70. The van der Waals surface area contributed by atoms with Crippen molar-refractivity contribution in [1.82, 2.24) is 0 Å². The predicted molar refractivity (Wildman–Crippen MR) is 107 cm³/mol. The van der Waals surface area contributed by atoms with Crippen LogP contribution in [0.25, 0.3) is 0 Å². The topological polar surface area (TPSA) is 18.5 Å². The van der Waals surface area contributed by atoms with E-state index in [1.54, 1.807) is 0 Å². The minimum absolute atomic E-state index is 0.465. The number of halogens is 1. The molecule has 0 fully saturated rings. The molecule has 2 aromatic rings. The van der Waals surface area contributed by atoms with Gasteiger partial charge in [0.2, 0.25) is 0 Å². The van der Waals surface area contributed by atoms with Gasteiger partial charge in [-0.25, -0.2) is 0 Å². The second-order valence-electron chi connectivity index (χ2n) is 5.88. The minimum Gasteiger partial charge on any atom is -0.494 e. The van der Waals surface area contributed by atoms with E-state index in [1.807, 2.05) is 35.6 Å². The van der Waals surface area contributed by atoms with E-state index in [-0.39, 0.29) is 0 Å². The summed E-state index contributed by atoms with van der Waals surface area (Å²) in [5.74, 6) is 2.30. The van der Waals surface area contributed by atoms with Crippen LogP contribution < -0.4 is 9.47 Å². The number of hydrogen-bond acceptors (Lipinski definition) is 3. The maximum Gasteiger partial charge on any atom is 0.119 e. The standard InChI is InChI=1S/C20H27BrO2S/c1-2-3-4-14-22-18-9-11-19(12-10-18)23-16-17(7-5-13-21)20-8-6-15-24-20/h6,8-12,15,17H,2-5,7,13-14,16H2,1H3. The first kappa shape index (κ1) is 19.3. The SMILES string of the molecule is CCCCCOc1ccc(OCC(CCCBr)c2cccs2)cc1. The molecule has 1 heterocycles. The lowest BCUT2D eigenvalue weighted by Gasteiger charge is -2.16. The van der Waals surface area contributed by atoms with Crippen LogP contribution in [0.2, 0.25) is 0 Å². The van der Waals surface area contributed by atoms with E-state index in [0.717, 1.165) is 49.3 Å². The van der Waals surface area contributed by atoms with Gasteiger partial charge < -0.3 is 9.47 Å². The summed E-state index contributed by atoms with van der Waals surface area (Å²) in [5, 5.41) is 3.18. The van der Waals surface area contributed by atoms with Gasteiger partial charge in [-0.3, -0.25) is 0 Å². The van der Waals surface area contributed by atoms with Crippen LogP contribution in [0, 0.1) is 0 Å². The van der Waals surface area contributed by atoms with Crippen LogP contribution in [0.3, 0.4) is 0 Å². The van der Waals surface area contributed by atoms with E-state index in [1.165, 1.54) is 17.7 Å². The molecule has 1 atom stereocenters. The molecule has 0 aliphatic carbocycles. The van der Waals surface area contributed by atoms with Crippen molar-refractivity contribution >= 4 is 27.3 Å². The highest BCUT2D eigenvalue weighted by atomic mass is 79.9. The van der Waals surface area contributed by atoms with Gasteiger partial charge in [-0.15, -0.1) is 11.3 Å². The highest BCUT2D eigenvalue weighted by molar-refractivity contribution is 9.09. The summed E-state index contributed by atoms with van der Waals surface area (Å²) in [6, 6.07) is 12.3. The Labute approximate surface area is 158 Å². The third kappa shape index (κ3) is 6.86. The quantitative estimate of drug-likeness (QED) is 0.287. The van der Waals surface area contributed by atoms with Crippen molar-refractivity contribution in [1.29, 1.82) is 0 Å². The average molecular weight is 411 g/mol. The van der Waals surface area contributed by atoms with E-state index in [0.29, 0.717) is 5.92 Å². The molecule has 0 saturated heterocycles. The molecule has 2 rings (SSSR count). The Kier molecular flexibility index (Phi) is 9.29. The number of alkyl halides is 1. The van der Waals surface area contributed by atoms with Gasteiger partial charge in [0.1, 0.15) is 11.5 Å². The van der Waals surface area contributed by atoms with Crippen molar-refractivity contribution in [2.24, 2.45) is 0 Å². The summed E-state index contributed by atoms with van der Waals surface area (Å²) in [5.41, 5.74) is 0. The molecule has 132 valence electrons. The van der Waals surface area contributed by atoms with Crippen molar-refractivity contribution in [3.8, 4) is 11.5 Å². The Morgan fingerprint density at radius 1 is 1.00 bits per heavy atom. The molecule has 0 amide bonds. The first-order valence-corrected chi connectivity index (χ1v) is 10.8. The molecule has 24 heavy (non-hydrogen) atoms. The molecular formula is C20H27BrO2S. The summed E-state index contributed by atoms with van der Waals surface area (Å²) in [7, 11) is 0. The fourth-order valence-electron chi connectivity index (χ4n) is 2.53. The molecule has 1 aromatic heterocycles. The maximum absolute atomic E-state index is 6.02. The molecule has 0 aliphatic rings. The lowest BCUT2D eigenvalue weighted by molar-refractivity contribution is 0.280. The van der Waals surface area contributed by atoms with Gasteiger partial charge >= 0.3 is 0 Å². The Balaban J connectivity index is 1.81. The molecule has 0 bridgehead atoms. The minimum atomic E-state index is 0.465. The second-order valence-corrected chi connectivity index (χ2v) is 7.65. The van der Waals surface area contributed by atoms with Gasteiger partial charge in [-0.05, 0) is 55.0 Å². The molecule has 1 unspecified atom stereocenters. The van der Waals surface area contributed by atoms with Gasteiger partial charge in [0.05, 0.1) is 13.2 Å². The Bertz CT molecular complexity index is 539. The first-order chi connectivity index (χ1) is 11.8. The van der Waals surface area contributed by atoms with Crippen LogP contribution >= 0.6 is 27.3 Å². The summed E-state index contributed by atoms with van der Waals surface area (Å²) < 4.78 is 11.8. The van der Waals surface area contributed by atoms with Crippen LogP contribution in [0.4, 0.5) is 0 Å². The summed E-state index contributed by atoms with van der Waals surface area (Å²) in [4.78, 5) is 1.41. The van der Waals surface area contributed by atoms with E-state index >= 15 is 0 Å². The molecule has 0 aliphatic heterocycles. The number of benzene rings is 1. The molecule has 0 radical (unpaired) electrons. The number of unbranched alkanes of at least 4 members (excludes halogenated alkanes) is 2. The smallest absolute Gasteiger partial charge is 0.119 e. The monoisotopic (exact) mass is 410 g/mol. The molecule has 0 saturated carbocycles. The Morgan fingerprint density at radius 3 is 2.38 bits per heavy atom. The van der Waals surface area contributed by atoms with Crippen molar-refractivity contribution < 1.29 is 9.47 Å². The van der Waals surface area contributed by atoms with Gasteiger partial charge in [-0.1, -0.05) is 41.8 Å². The van der Waals surface area contributed by atoms with E-state index in [4.69, 9.17) is 9.47 Å². The number of ether oxygens (including phenoxy) is 2. The third-order valence-electron chi connectivity index (χ3n) is 3.92. The maximum atomic E-state index is 6.02. The number of thiophene rings is 1. The number of rotatable bonds is 12. The summed E-state index contributed by atoms with van der Waals surface area (Å²) in [6.07, 6.45) is 5.86. The second kappa shape index (κ2) is 11.5. The normalized spacial score (nSPS) is 12.1. The third-order valence-corrected chi connectivity index (χ3v) is 5.52. The average Bonchev–Trinajstić information content (AvgIpc) is 3.14. The van der Waals surface area contributed by atoms with Crippen molar-refractivity contribution in [3.05, 3.63) is 46.7 Å². The van der Waals surface area contributed by atoms with E-state index in [2.05, 4.69) is 40.4 Å². The van der Waals surface area contributed by atoms with Crippen LogP contribution in [0.5, 0.6) is 11.5 Å². The van der Waals surface area contributed by atoms with Gasteiger partial charge in [-0.2, -0.15) is 0 Å². The summed E-state index contributed by atoms with van der Waals surface area (Å²) >= 11 is 5.34. The lowest BCUT2D eigenvalue weighted by Crippen LogP contribution is -2.09. The zero-order chi connectivity index (χ0) is 17.0. The molecular weight excluding hydrogens is 384 g/mol. The first-order valence-electron chi connectivity index (χ1n) is 8.78. The van der Waals surface area contributed by atoms with Crippen molar-refractivity contribution in [2.45, 2.75) is 44.9 Å². The Morgan fingerprint density at radius 2 is 1.75 bits per heavy atom. The Hall–Kier alpha value is -1.00. The van der Waals surface area contributed by atoms with Gasteiger partial charge in [0.25, 0.3) is 0 Å². The van der Waals surface area contributed by atoms with Crippen molar-refractivity contribution in [3.63, 3.8) is 0 Å². The van der Waals surface area contributed by atoms with E-state index in [9.17, 15) is 0 Å². The molecule has 4 heteroatoms. The highest BCUT2D eigenvalue weighted by Gasteiger charge is 2.13. The van der Waals surface area contributed by atoms with Crippen molar-refractivity contribution in [2.75, 3.05) is 18.5 Å². The van der Waals surface area contributed by atoms with Gasteiger partial charge in [0.15, 0.2) is 0 Å². The van der Waals surface area contributed by atoms with Crippen LogP contribution in [-0.4, -0.2) is 18.5 Å². The predicted octanol–water partition coefficient (Wildman–Crippen LogP) is 6.65. The van der Waals surface area contributed by atoms with Crippen LogP contribution in [0.1, 0.15) is 49.8 Å². The largest absolute Gasteiger partial charge is 0.494 e. The fraction of sp³-hybridized carbons (Fsp3) is 0.500. The van der Waals surface area contributed by atoms with Crippen LogP contribution in [-0.2, 0) is 0 Å². The lowest BCUT2D eigenvalue weighted by atomic mass is 10.0. The molecule has 0 N–H and O–H groups in total. The zero-order valence-corrected chi connectivity index (χ0v) is 16.8. The number of hydrogen-bond donors (Lipinski definition) is 0. The molecule has 0 spiro atoms. The zero-order valence-electron chi connectivity index (χ0n) is 14.4. The van der Waals surface area contributed by atoms with E-state index < -0.39 is 0 Å². The van der Waals surface area contributed by atoms with Crippen LogP contribution in [0.15, 0.2) is 41.8 Å². The molecule has 2 nitrogen and oxygen atoms in total. The summed E-state index contributed by atoms with van der Waals surface area (Å²) in [6.45, 7) is 3.72. The van der Waals surface area contributed by atoms with Gasteiger partial charge in [0, 0.05) is 16.1 Å².